The highest BCUT2D eigenvalue weighted by atomic mass is 32.2. The first-order valence-corrected chi connectivity index (χ1v) is 7.62. The molecular weight excluding hydrogens is 294 g/mol. The molecule has 1 aromatic carbocycles. The summed E-state index contributed by atoms with van der Waals surface area (Å²) in [6.07, 6.45) is 0.250. The summed E-state index contributed by atoms with van der Waals surface area (Å²) in [6.45, 7) is 0. The molecule has 1 fully saturated rings. The van der Waals surface area contributed by atoms with Crippen molar-refractivity contribution in [1.82, 2.24) is 9.62 Å². The Morgan fingerprint density at radius 3 is 2.43 bits per heavy atom. The minimum Gasteiger partial charge on any atom is -0.295 e. The van der Waals surface area contributed by atoms with Gasteiger partial charge in [0.1, 0.15) is 6.04 Å². The average molecular weight is 307 g/mol. The van der Waals surface area contributed by atoms with Gasteiger partial charge in [-0.05, 0) is 30.7 Å². The number of imide groups is 1. The molecule has 2 amide bonds. The van der Waals surface area contributed by atoms with Gasteiger partial charge in [0.15, 0.2) is 0 Å². The Balaban J connectivity index is 2.28. The topological polar surface area (TPSA) is 107 Å². The normalized spacial score (nSPS) is 19.2. The zero-order chi connectivity index (χ0) is 15.6. The number of sulfonamides is 1. The van der Waals surface area contributed by atoms with Gasteiger partial charge in [-0.25, -0.2) is 8.42 Å². The van der Waals surface area contributed by atoms with Gasteiger partial charge in [0, 0.05) is 13.5 Å². The van der Waals surface area contributed by atoms with Crippen molar-refractivity contribution in [1.29, 1.82) is 5.26 Å². The van der Waals surface area contributed by atoms with Gasteiger partial charge in [0.05, 0.1) is 16.5 Å². The number of likely N-dealkylation sites (N-methyl/N-ethyl adjacent to an activating group) is 1. The predicted octanol–water partition coefficient (Wildman–Crippen LogP) is -0.0160. The first-order valence-electron chi connectivity index (χ1n) is 6.18. The molecule has 21 heavy (non-hydrogen) atoms. The molecule has 1 aromatic rings. The van der Waals surface area contributed by atoms with Crippen LogP contribution in [0.5, 0.6) is 0 Å². The lowest BCUT2D eigenvalue weighted by molar-refractivity contribution is -0.135. The third-order valence-electron chi connectivity index (χ3n) is 3.31. The van der Waals surface area contributed by atoms with Gasteiger partial charge in [-0.3, -0.25) is 14.9 Å². The smallest absolute Gasteiger partial charge is 0.245 e. The number of nitrogens with one attached hydrogen (secondary N) is 1. The number of benzene rings is 1. The summed E-state index contributed by atoms with van der Waals surface area (Å²) in [5.74, 6) is -1.02. The molecule has 0 aromatic heterocycles. The minimum absolute atomic E-state index is 0.00583. The standard InChI is InChI=1S/C13H13N3O4S/c1-16(11-6-7-12(17)15-13(11)18)21(19,20)10-4-2-9(8-14)3-5-10/h2-5,11H,6-7H2,1H3,(H,15,17,18). The van der Waals surface area contributed by atoms with Crippen LogP contribution in [0, 0.1) is 11.3 Å². The van der Waals surface area contributed by atoms with Crippen molar-refractivity contribution >= 4 is 21.8 Å². The lowest BCUT2D eigenvalue weighted by atomic mass is 10.1. The Bertz CT molecular complexity index is 719. The molecule has 110 valence electrons. The van der Waals surface area contributed by atoms with Crippen LogP contribution in [0.2, 0.25) is 0 Å². The molecule has 8 heteroatoms. The largest absolute Gasteiger partial charge is 0.295 e. The molecule has 1 heterocycles. The molecule has 0 spiro atoms. The summed E-state index contributed by atoms with van der Waals surface area (Å²) in [4.78, 5) is 22.8. The molecular formula is C13H13N3O4S. The van der Waals surface area contributed by atoms with Crippen LogP contribution in [0.1, 0.15) is 18.4 Å². The van der Waals surface area contributed by atoms with Crippen molar-refractivity contribution < 1.29 is 18.0 Å². The molecule has 1 atom stereocenters. The first kappa shape index (κ1) is 15.2. The van der Waals surface area contributed by atoms with E-state index in [1.54, 1.807) is 0 Å². The van der Waals surface area contributed by atoms with E-state index in [1.807, 2.05) is 6.07 Å². The molecule has 7 nitrogen and oxygen atoms in total. The average Bonchev–Trinajstić information content (AvgIpc) is 2.46. The van der Waals surface area contributed by atoms with Crippen LogP contribution in [-0.2, 0) is 19.6 Å². The minimum atomic E-state index is -3.86. The summed E-state index contributed by atoms with van der Waals surface area (Å²) in [6, 6.07) is 6.41. The molecule has 0 aliphatic carbocycles. The number of carbonyl (C=O) groups is 2. The number of carbonyl (C=O) groups excluding carboxylic acids is 2. The molecule has 0 saturated carbocycles. The number of nitrogens with zero attached hydrogens (tertiary/aromatic N) is 2. The van der Waals surface area contributed by atoms with Crippen LogP contribution >= 0.6 is 0 Å². The van der Waals surface area contributed by atoms with E-state index in [-0.39, 0.29) is 17.7 Å². The van der Waals surface area contributed by atoms with Gasteiger partial charge in [0.2, 0.25) is 21.8 Å². The SMILES string of the molecule is CN(C1CCC(=O)NC1=O)S(=O)(=O)c1ccc(C#N)cc1. The van der Waals surface area contributed by atoms with Crippen molar-refractivity contribution in [3.63, 3.8) is 0 Å². The predicted molar refractivity (Wildman–Crippen MR) is 72.3 cm³/mol. The summed E-state index contributed by atoms with van der Waals surface area (Å²) in [7, 11) is -2.56. The first-order chi connectivity index (χ1) is 9.86. The van der Waals surface area contributed by atoms with Crippen LogP contribution < -0.4 is 5.32 Å². The highest BCUT2D eigenvalue weighted by Gasteiger charge is 2.36. The summed E-state index contributed by atoms with van der Waals surface area (Å²) in [5.41, 5.74) is 0.345. The van der Waals surface area contributed by atoms with Gasteiger partial charge >= 0.3 is 0 Å². The zero-order valence-corrected chi connectivity index (χ0v) is 12.1. The summed E-state index contributed by atoms with van der Waals surface area (Å²) in [5, 5.41) is 10.8. The number of rotatable bonds is 3. The quantitative estimate of drug-likeness (QED) is 0.790. The molecule has 0 radical (unpaired) electrons. The van der Waals surface area contributed by atoms with Crippen LogP contribution in [-0.4, -0.2) is 37.6 Å². The van der Waals surface area contributed by atoms with Crippen LogP contribution in [0.25, 0.3) is 0 Å². The molecule has 1 aliphatic heterocycles. The number of hydrogen-bond donors (Lipinski definition) is 1. The maximum Gasteiger partial charge on any atom is 0.245 e. The molecule has 1 unspecified atom stereocenters. The Hall–Kier alpha value is -2.24. The lowest BCUT2D eigenvalue weighted by Gasteiger charge is -2.28. The summed E-state index contributed by atoms with van der Waals surface area (Å²) < 4.78 is 25.8. The Labute approximate surface area is 122 Å². The van der Waals surface area contributed by atoms with E-state index in [9.17, 15) is 18.0 Å². The van der Waals surface area contributed by atoms with Gasteiger partial charge in [-0.15, -0.1) is 0 Å². The fourth-order valence-electron chi connectivity index (χ4n) is 2.06. The fourth-order valence-corrected chi connectivity index (χ4v) is 3.41. The molecule has 1 N–H and O–H groups in total. The van der Waals surface area contributed by atoms with E-state index in [2.05, 4.69) is 5.32 Å². The maximum atomic E-state index is 12.4. The molecule has 1 aliphatic rings. The molecule has 2 rings (SSSR count). The molecule has 1 saturated heterocycles. The van der Waals surface area contributed by atoms with E-state index in [4.69, 9.17) is 5.26 Å². The van der Waals surface area contributed by atoms with Crippen LogP contribution in [0.4, 0.5) is 0 Å². The highest BCUT2D eigenvalue weighted by Crippen LogP contribution is 2.20. The molecule has 0 bridgehead atoms. The van der Waals surface area contributed by atoms with Crippen LogP contribution in [0.3, 0.4) is 0 Å². The van der Waals surface area contributed by atoms with E-state index < -0.39 is 27.9 Å². The lowest BCUT2D eigenvalue weighted by Crippen LogP contribution is -2.52. The fraction of sp³-hybridized carbons (Fsp3) is 0.308. The van der Waals surface area contributed by atoms with Crippen molar-refractivity contribution in [2.75, 3.05) is 7.05 Å². The van der Waals surface area contributed by atoms with E-state index in [1.165, 1.54) is 31.3 Å². The van der Waals surface area contributed by atoms with E-state index in [0.717, 1.165) is 4.31 Å². The zero-order valence-electron chi connectivity index (χ0n) is 11.2. The number of amides is 2. The Kier molecular flexibility index (Phi) is 4.06. The van der Waals surface area contributed by atoms with Gasteiger partial charge in [-0.1, -0.05) is 0 Å². The van der Waals surface area contributed by atoms with Gasteiger partial charge < -0.3 is 0 Å². The van der Waals surface area contributed by atoms with E-state index in [0.29, 0.717) is 5.56 Å². The number of piperidine rings is 1. The second-order valence-electron chi connectivity index (χ2n) is 4.62. The second kappa shape index (κ2) is 5.63. The third-order valence-corrected chi connectivity index (χ3v) is 5.19. The third kappa shape index (κ3) is 2.94. The summed E-state index contributed by atoms with van der Waals surface area (Å²) >= 11 is 0. The van der Waals surface area contributed by atoms with Gasteiger partial charge in [0.25, 0.3) is 0 Å². The van der Waals surface area contributed by atoms with Crippen molar-refractivity contribution in [3.05, 3.63) is 29.8 Å². The van der Waals surface area contributed by atoms with Crippen molar-refractivity contribution in [3.8, 4) is 6.07 Å². The van der Waals surface area contributed by atoms with E-state index >= 15 is 0 Å². The van der Waals surface area contributed by atoms with Crippen LogP contribution in [0.15, 0.2) is 29.2 Å². The monoisotopic (exact) mass is 307 g/mol. The Morgan fingerprint density at radius 1 is 1.29 bits per heavy atom. The maximum absolute atomic E-state index is 12.4. The van der Waals surface area contributed by atoms with Crippen molar-refractivity contribution in [2.24, 2.45) is 0 Å². The number of nitriles is 1. The van der Waals surface area contributed by atoms with Gasteiger partial charge in [-0.2, -0.15) is 9.57 Å². The highest BCUT2D eigenvalue weighted by molar-refractivity contribution is 7.89. The second-order valence-corrected chi connectivity index (χ2v) is 6.62. The Morgan fingerprint density at radius 2 is 1.90 bits per heavy atom. The number of hydrogen-bond acceptors (Lipinski definition) is 5. The van der Waals surface area contributed by atoms with Crippen molar-refractivity contribution in [2.45, 2.75) is 23.8 Å².